The number of nitriles is 1. The maximum atomic E-state index is 9.69. The van der Waals surface area contributed by atoms with E-state index in [2.05, 4.69) is 58.8 Å². The van der Waals surface area contributed by atoms with Gasteiger partial charge in [-0.2, -0.15) is 14.9 Å². The number of hydrogen-bond acceptors (Lipinski definition) is 4. The van der Waals surface area contributed by atoms with Crippen LogP contribution >= 0.6 is 11.3 Å². The van der Waals surface area contributed by atoms with Crippen molar-refractivity contribution in [3.63, 3.8) is 0 Å². The van der Waals surface area contributed by atoms with E-state index in [4.69, 9.17) is 4.98 Å². The molecule has 118 valence electrons. The average Bonchev–Trinajstić information content (AvgIpc) is 3.03. The molecule has 0 radical (unpaired) electrons. The fourth-order valence-corrected chi connectivity index (χ4v) is 3.74. The Bertz CT molecular complexity index is 928. The van der Waals surface area contributed by atoms with Crippen molar-refractivity contribution in [3.8, 4) is 17.3 Å². The normalized spacial score (nSPS) is 11.4. The summed E-state index contributed by atoms with van der Waals surface area (Å²) >= 11 is 1.56. The molecular weight excluding hydrogens is 304 g/mol. The van der Waals surface area contributed by atoms with Crippen LogP contribution in [-0.4, -0.2) is 14.6 Å². The number of nitrogens with zero attached hydrogens (tertiary/aromatic N) is 4. The number of hydrogen-bond donors (Lipinski definition) is 0. The minimum atomic E-state index is 0.335. The van der Waals surface area contributed by atoms with Crippen LogP contribution < -0.4 is 0 Å². The third kappa shape index (κ3) is 2.34. The molecular formula is C18H20N4S. The fourth-order valence-electron chi connectivity index (χ4n) is 2.84. The third-order valence-corrected chi connectivity index (χ3v) is 5.63. The van der Waals surface area contributed by atoms with Crippen molar-refractivity contribution in [3.05, 3.63) is 39.0 Å². The van der Waals surface area contributed by atoms with Crippen LogP contribution in [0.2, 0.25) is 0 Å². The van der Waals surface area contributed by atoms with Crippen molar-refractivity contribution < 1.29 is 0 Å². The van der Waals surface area contributed by atoms with Crippen LogP contribution in [0.5, 0.6) is 0 Å². The summed E-state index contributed by atoms with van der Waals surface area (Å²) < 4.78 is 1.70. The number of aryl methyl sites for hydroxylation is 2. The lowest BCUT2D eigenvalue weighted by Gasteiger charge is -2.13. The highest BCUT2D eigenvalue weighted by Crippen LogP contribution is 2.35. The minimum Gasteiger partial charge on any atom is -0.216 e. The molecule has 0 fully saturated rings. The molecule has 5 heteroatoms. The lowest BCUT2D eigenvalue weighted by atomic mass is 9.92. The van der Waals surface area contributed by atoms with E-state index in [0.717, 1.165) is 21.2 Å². The second kappa shape index (κ2) is 5.47. The largest absolute Gasteiger partial charge is 0.216 e. The molecule has 3 aromatic rings. The molecule has 0 saturated heterocycles. The summed E-state index contributed by atoms with van der Waals surface area (Å²) in [7, 11) is 0. The van der Waals surface area contributed by atoms with Gasteiger partial charge in [-0.25, -0.2) is 4.98 Å². The van der Waals surface area contributed by atoms with Gasteiger partial charge in [0.1, 0.15) is 16.8 Å². The molecule has 0 bridgehead atoms. The van der Waals surface area contributed by atoms with Gasteiger partial charge in [0.25, 0.3) is 0 Å². The van der Waals surface area contributed by atoms with Crippen LogP contribution in [0, 0.1) is 39.0 Å². The van der Waals surface area contributed by atoms with E-state index in [1.165, 1.54) is 22.3 Å². The summed E-state index contributed by atoms with van der Waals surface area (Å²) in [6.07, 6.45) is 0. The van der Waals surface area contributed by atoms with Crippen LogP contribution in [-0.2, 0) is 0 Å². The summed E-state index contributed by atoms with van der Waals surface area (Å²) in [5, 5.41) is 15.3. The van der Waals surface area contributed by atoms with E-state index in [9.17, 15) is 5.26 Å². The van der Waals surface area contributed by atoms with Crippen LogP contribution in [0.25, 0.3) is 16.2 Å². The van der Waals surface area contributed by atoms with E-state index < -0.39 is 0 Å². The average molecular weight is 324 g/mol. The van der Waals surface area contributed by atoms with Gasteiger partial charge in [-0.05, 0) is 49.9 Å². The molecule has 0 atom stereocenters. The van der Waals surface area contributed by atoms with Crippen LogP contribution in [0.3, 0.4) is 0 Å². The lowest BCUT2D eigenvalue weighted by molar-refractivity contribution is 0.798. The smallest absolute Gasteiger partial charge is 0.214 e. The van der Waals surface area contributed by atoms with Crippen molar-refractivity contribution in [2.45, 2.75) is 47.5 Å². The summed E-state index contributed by atoms with van der Waals surface area (Å²) in [4.78, 5) is 5.55. The monoisotopic (exact) mass is 324 g/mol. The van der Waals surface area contributed by atoms with Gasteiger partial charge in [0.2, 0.25) is 4.96 Å². The van der Waals surface area contributed by atoms with Gasteiger partial charge in [0, 0.05) is 11.5 Å². The molecule has 2 heterocycles. The molecule has 0 aliphatic rings. The Kier molecular flexibility index (Phi) is 3.73. The first-order valence-electron chi connectivity index (χ1n) is 7.72. The first-order chi connectivity index (χ1) is 10.8. The number of benzene rings is 1. The minimum absolute atomic E-state index is 0.335. The molecule has 0 saturated carbocycles. The molecule has 0 N–H and O–H groups in total. The fraction of sp³-hybridized carbons (Fsp3) is 0.389. The van der Waals surface area contributed by atoms with Gasteiger partial charge in [0.15, 0.2) is 5.69 Å². The molecule has 0 spiro atoms. The van der Waals surface area contributed by atoms with Crippen LogP contribution in [0.1, 0.15) is 52.7 Å². The molecule has 3 rings (SSSR count). The molecule has 0 unspecified atom stereocenters. The summed E-state index contributed by atoms with van der Waals surface area (Å²) in [5.41, 5.74) is 7.16. The van der Waals surface area contributed by atoms with E-state index in [1.54, 1.807) is 15.9 Å². The predicted molar refractivity (Wildman–Crippen MR) is 94.1 cm³/mol. The maximum Gasteiger partial charge on any atom is 0.214 e. The number of rotatable bonds is 2. The summed E-state index contributed by atoms with van der Waals surface area (Å²) in [6.45, 7) is 12.6. The second-order valence-corrected chi connectivity index (χ2v) is 7.33. The highest BCUT2D eigenvalue weighted by atomic mass is 32.1. The van der Waals surface area contributed by atoms with Gasteiger partial charge in [0.05, 0.1) is 0 Å². The summed E-state index contributed by atoms with van der Waals surface area (Å²) in [6, 6.07) is 4.50. The van der Waals surface area contributed by atoms with E-state index in [-0.39, 0.29) is 0 Å². The first-order valence-corrected chi connectivity index (χ1v) is 8.54. The zero-order chi connectivity index (χ0) is 16.9. The van der Waals surface area contributed by atoms with Crippen molar-refractivity contribution in [2.24, 2.45) is 0 Å². The Morgan fingerprint density at radius 3 is 2.26 bits per heavy atom. The molecule has 0 aliphatic carbocycles. The zero-order valence-electron chi connectivity index (χ0n) is 14.4. The molecule has 23 heavy (non-hydrogen) atoms. The van der Waals surface area contributed by atoms with Gasteiger partial charge in [-0.3, -0.25) is 0 Å². The number of fused-ring (bicyclic) bond motifs is 1. The van der Waals surface area contributed by atoms with Crippen LogP contribution in [0.15, 0.2) is 6.07 Å². The topological polar surface area (TPSA) is 54.0 Å². The van der Waals surface area contributed by atoms with Gasteiger partial charge < -0.3 is 0 Å². The lowest BCUT2D eigenvalue weighted by Crippen LogP contribution is -1.98. The second-order valence-electron chi connectivity index (χ2n) is 6.35. The zero-order valence-corrected chi connectivity index (χ0v) is 15.2. The van der Waals surface area contributed by atoms with Crippen molar-refractivity contribution >= 4 is 16.3 Å². The Hall–Kier alpha value is -2.19. The van der Waals surface area contributed by atoms with Crippen molar-refractivity contribution in [1.82, 2.24) is 14.6 Å². The number of imidazole rings is 1. The molecule has 4 nitrogen and oxygen atoms in total. The Balaban J connectivity index is 2.34. The first kappa shape index (κ1) is 15.7. The van der Waals surface area contributed by atoms with Gasteiger partial charge in [-0.1, -0.05) is 31.3 Å². The maximum absolute atomic E-state index is 9.69. The van der Waals surface area contributed by atoms with Gasteiger partial charge >= 0.3 is 0 Å². The van der Waals surface area contributed by atoms with E-state index >= 15 is 0 Å². The Morgan fingerprint density at radius 2 is 1.74 bits per heavy atom. The van der Waals surface area contributed by atoms with Crippen molar-refractivity contribution in [1.29, 1.82) is 5.26 Å². The molecule has 1 aromatic carbocycles. The Morgan fingerprint density at radius 1 is 1.13 bits per heavy atom. The molecule has 0 aliphatic heterocycles. The summed E-state index contributed by atoms with van der Waals surface area (Å²) in [5.74, 6) is 0.335. The molecule has 2 aromatic heterocycles. The standard InChI is InChI=1S/C18H20N4S/c1-9(2)17-21-22-14(8-19)16(20-18(22)23-17)15-12(5)10(3)7-11(4)13(15)6/h7,9H,1-6H3. The van der Waals surface area contributed by atoms with Crippen molar-refractivity contribution in [2.75, 3.05) is 0 Å². The predicted octanol–water partition coefficient (Wildman–Crippen LogP) is 4.69. The SMILES string of the molecule is Cc1cc(C)c(C)c(-c2nc3sc(C(C)C)nn3c2C#N)c1C. The highest BCUT2D eigenvalue weighted by molar-refractivity contribution is 7.16. The number of aromatic nitrogens is 3. The third-order valence-electron chi connectivity index (χ3n) is 4.42. The molecule has 0 amide bonds. The van der Waals surface area contributed by atoms with E-state index in [0.29, 0.717) is 11.6 Å². The quantitative estimate of drug-likeness (QED) is 0.687. The van der Waals surface area contributed by atoms with Gasteiger partial charge in [-0.15, -0.1) is 0 Å². The van der Waals surface area contributed by atoms with E-state index in [1.807, 2.05) is 0 Å². The Labute approximate surface area is 140 Å². The van der Waals surface area contributed by atoms with Crippen LogP contribution in [0.4, 0.5) is 0 Å². The highest BCUT2D eigenvalue weighted by Gasteiger charge is 2.22.